The fraction of sp³-hybridized carbons (Fsp3) is 0.662. The highest BCUT2D eigenvalue weighted by Crippen LogP contribution is 2.31. The number of aldehydes is 1. The van der Waals surface area contributed by atoms with Crippen LogP contribution in [0.1, 0.15) is 164 Å². The number of likely N-dealkylation sites (N-methyl/N-ethyl adjacent to an activating group) is 2. The number of primary amides is 1. The van der Waals surface area contributed by atoms with Gasteiger partial charge in [0.1, 0.15) is 37.1 Å². The summed E-state index contributed by atoms with van der Waals surface area (Å²) in [4.78, 5) is 165. The monoisotopic (exact) mass is 1410 g/mol. The number of carbonyl (C=O) groups excluding carboxylic acids is 12. The molecule has 2 saturated heterocycles. The van der Waals surface area contributed by atoms with Gasteiger partial charge in [-0.05, 0) is 92.4 Å². The van der Waals surface area contributed by atoms with Crippen molar-refractivity contribution in [1.29, 1.82) is 0 Å². The van der Waals surface area contributed by atoms with Crippen molar-refractivity contribution in [2.75, 3.05) is 59.0 Å². The Morgan fingerprint density at radius 2 is 1.43 bits per heavy atom. The van der Waals surface area contributed by atoms with E-state index in [1.54, 1.807) is 109 Å². The second kappa shape index (κ2) is 41.8. The minimum atomic E-state index is -1.13. The Kier molecular flexibility index (Phi) is 35.3. The predicted octanol–water partition coefficient (Wildman–Crippen LogP) is 5.60. The molecule has 0 spiro atoms. The van der Waals surface area contributed by atoms with E-state index in [9.17, 15) is 62.6 Å². The lowest BCUT2D eigenvalue weighted by atomic mass is 9.89. The number of aliphatic hydroxyl groups is 1. The van der Waals surface area contributed by atoms with Gasteiger partial charge in [-0.3, -0.25) is 53.0 Å². The number of nitrogens with one attached hydrogen (secondary N) is 6. The molecule has 2 heterocycles. The van der Waals surface area contributed by atoms with E-state index in [0.717, 1.165) is 6.29 Å². The summed E-state index contributed by atoms with van der Waals surface area (Å²) in [5.41, 5.74) is 6.77. The minimum absolute atomic E-state index is 0.0640. The van der Waals surface area contributed by atoms with Crippen LogP contribution in [0.4, 0.5) is 15.3 Å². The molecule has 2 aromatic rings. The SMILES string of the molecule is CC[C@H](C)[C@@H]([C@@H](CC(=O)N1CCC[C@H]1[C@H](OC)[C@@H](C)C(=O)N[C@H](C)[C@@H](O)c1ccccc1)OC)N(C)C(=O)[C@@H](NC(=O)[C@H](C(C)C)N(C)C(=O)OCc1ccc(NC(=O)[C@H](CCCNC(N)=O)NC(=O)[C@@H](NC(=O)CCCCCN2C(=O)CC(SCCC=O)C2=O)C(C)C)cc1)C(C)C. The van der Waals surface area contributed by atoms with Gasteiger partial charge in [-0.25, -0.2) is 9.59 Å². The number of carbonyl (C=O) groups is 12. The first-order chi connectivity index (χ1) is 46.9. The van der Waals surface area contributed by atoms with Gasteiger partial charge < -0.3 is 71.5 Å². The molecule has 27 nitrogen and oxygen atoms in total. The van der Waals surface area contributed by atoms with Crippen LogP contribution in [0, 0.1) is 29.6 Å². The fourth-order valence-electron chi connectivity index (χ4n) is 12.7. The van der Waals surface area contributed by atoms with Crippen LogP contribution in [0.15, 0.2) is 54.6 Å². The Bertz CT molecular complexity index is 3000. The molecule has 1 unspecified atom stereocenters. The lowest BCUT2D eigenvalue weighted by Gasteiger charge is -2.41. The number of anilines is 1. The lowest BCUT2D eigenvalue weighted by Crippen LogP contribution is -2.60. The van der Waals surface area contributed by atoms with Crippen molar-refractivity contribution in [3.8, 4) is 0 Å². The first-order valence-electron chi connectivity index (χ1n) is 34.7. The molecule has 2 fully saturated rings. The van der Waals surface area contributed by atoms with Crippen molar-refractivity contribution < 1.29 is 76.9 Å². The van der Waals surface area contributed by atoms with E-state index >= 15 is 0 Å². The molecule has 0 saturated carbocycles. The largest absolute Gasteiger partial charge is 0.445 e. The quantitative estimate of drug-likeness (QED) is 0.0228. The molecule has 12 amide bonds. The molecule has 0 bridgehead atoms. The van der Waals surface area contributed by atoms with E-state index in [-0.39, 0.29) is 81.3 Å². The summed E-state index contributed by atoms with van der Waals surface area (Å²) < 4.78 is 17.8. The van der Waals surface area contributed by atoms with E-state index < -0.39 is 131 Å². The standard InChI is InChI=1S/C71H111N11O16S/c1-15-45(8)61(53(96-13)39-56(85)81-36-23-28-52(81)63(97-14)46(9)64(88)74-47(10)62(87)49-25-18-16-19-26-49)79(11)69(93)59(43(4)5)78-67(91)60(44(6)7)80(12)71(95)98-41-48-30-32-50(33-31-48)75-65(89)51(27-22-34-73-70(72)94)76-66(90)58(42(2)3)77-55(84)29-20-17-21-35-82-57(86)40-54(68(82)92)99-38-24-37-83/h16,18-19,25-26,30-33,37,42-47,51-54,58-63,87H,15,17,20-24,27-29,34-36,38-41H2,1-14H3,(H,74,88)(H,75,89)(H,76,90)(H,77,84)(H,78,91)(H3,72,73,94)/t45-,46+,47+,51-,52-,53+,54?,58-,59-,60-,61-,62+,63+/m0/s1. The number of thioether (sulfide) groups is 1. The first kappa shape index (κ1) is 83.7. The van der Waals surface area contributed by atoms with Crippen LogP contribution in [-0.2, 0) is 68.8 Å². The van der Waals surface area contributed by atoms with Gasteiger partial charge in [-0.1, -0.05) is 118 Å². The zero-order chi connectivity index (χ0) is 73.8. The van der Waals surface area contributed by atoms with Crippen LogP contribution in [0.5, 0.6) is 0 Å². The number of ether oxygens (including phenoxy) is 3. The van der Waals surface area contributed by atoms with Crippen molar-refractivity contribution in [1.82, 2.24) is 46.2 Å². The van der Waals surface area contributed by atoms with Crippen LogP contribution in [-0.4, -0.2) is 210 Å². The summed E-state index contributed by atoms with van der Waals surface area (Å²) >= 11 is 1.29. The zero-order valence-corrected chi connectivity index (χ0v) is 61.2. The zero-order valence-electron chi connectivity index (χ0n) is 60.4. The molecule has 4 rings (SSSR count). The second-order valence-electron chi connectivity index (χ2n) is 27.0. The van der Waals surface area contributed by atoms with Crippen LogP contribution >= 0.6 is 11.8 Å². The molecule has 0 radical (unpaired) electrons. The number of urea groups is 1. The number of methoxy groups -OCH3 is 2. The fourth-order valence-corrected chi connectivity index (χ4v) is 13.7. The Morgan fingerprint density at radius 3 is 2.03 bits per heavy atom. The third kappa shape index (κ3) is 25.2. The average molecular weight is 1410 g/mol. The van der Waals surface area contributed by atoms with E-state index in [4.69, 9.17) is 19.9 Å². The number of likely N-dealkylation sites (tertiary alicyclic amines) is 2. The van der Waals surface area contributed by atoms with Crippen LogP contribution < -0.4 is 37.6 Å². The number of imide groups is 1. The van der Waals surface area contributed by atoms with Crippen LogP contribution in [0.25, 0.3) is 0 Å². The van der Waals surface area contributed by atoms with Crippen LogP contribution in [0.3, 0.4) is 0 Å². The molecule has 2 aliphatic heterocycles. The molecular formula is C71H111N11O16S. The summed E-state index contributed by atoms with van der Waals surface area (Å²) in [6.45, 7) is 18.5. The Balaban J connectivity index is 1.36. The van der Waals surface area contributed by atoms with Gasteiger partial charge in [0.2, 0.25) is 53.2 Å². The Labute approximate surface area is 588 Å². The normalized spacial score (nSPS) is 18.0. The van der Waals surface area contributed by atoms with Gasteiger partial charge in [0.05, 0.1) is 54.0 Å². The summed E-state index contributed by atoms with van der Waals surface area (Å²) in [6, 6.07) is 8.66. The highest BCUT2D eigenvalue weighted by Gasteiger charge is 2.45. The van der Waals surface area contributed by atoms with Crippen LogP contribution in [0.2, 0.25) is 0 Å². The molecule has 99 heavy (non-hydrogen) atoms. The summed E-state index contributed by atoms with van der Waals surface area (Å²) in [5, 5.41) is 27.1. The minimum Gasteiger partial charge on any atom is -0.445 e. The van der Waals surface area contributed by atoms with E-state index in [2.05, 4.69) is 31.9 Å². The van der Waals surface area contributed by atoms with E-state index in [1.165, 1.54) is 42.8 Å². The average Bonchev–Trinajstić information content (AvgIpc) is 1.80. The maximum Gasteiger partial charge on any atom is 0.410 e. The molecule has 9 N–H and O–H groups in total. The number of nitrogens with zero attached hydrogens (tertiary/aromatic N) is 4. The molecular weight excluding hydrogens is 1290 g/mol. The number of hydrogen-bond acceptors (Lipinski definition) is 17. The van der Waals surface area contributed by atoms with Gasteiger partial charge in [-0.15, -0.1) is 11.8 Å². The van der Waals surface area contributed by atoms with Crippen molar-refractivity contribution in [3.05, 3.63) is 65.7 Å². The second-order valence-corrected chi connectivity index (χ2v) is 28.3. The number of nitrogens with two attached hydrogens (primary N) is 1. The number of aliphatic hydroxyl groups excluding tert-OH is 1. The predicted molar refractivity (Wildman–Crippen MR) is 376 cm³/mol. The first-order valence-corrected chi connectivity index (χ1v) is 35.7. The van der Waals surface area contributed by atoms with Crippen molar-refractivity contribution >= 4 is 89.0 Å². The number of benzene rings is 2. The van der Waals surface area contributed by atoms with Gasteiger partial charge in [0, 0.05) is 78.7 Å². The molecule has 28 heteroatoms. The Hall–Kier alpha value is -7.69. The summed E-state index contributed by atoms with van der Waals surface area (Å²) in [5.74, 6) is -5.43. The number of unbranched alkanes of at least 4 members (excludes halogenated alkanes) is 2. The number of rotatable bonds is 42. The van der Waals surface area contributed by atoms with E-state index in [0.29, 0.717) is 74.1 Å². The summed E-state index contributed by atoms with van der Waals surface area (Å²) in [6.07, 6.45) is 1.53. The van der Waals surface area contributed by atoms with Crippen molar-refractivity contribution in [3.63, 3.8) is 0 Å². The molecule has 2 aliphatic rings. The van der Waals surface area contributed by atoms with Crippen molar-refractivity contribution in [2.45, 2.75) is 219 Å². The number of amides is 12. The maximum absolute atomic E-state index is 14.8. The molecule has 0 aliphatic carbocycles. The smallest absolute Gasteiger partial charge is 0.410 e. The van der Waals surface area contributed by atoms with Gasteiger partial charge in [0.25, 0.3) is 0 Å². The molecule has 13 atom stereocenters. The molecule has 0 aromatic heterocycles. The lowest BCUT2D eigenvalue weighted by molar-refractivity contribution is -0.148. The van der Waals surface area contributed by atoms with Gasteiger partial charge in [-0.2, -0.15) is 0 Å². The highest BCUT2D eigenvalue weighted by atomic mass is 32.2. The number of hydrogen-bond donors (Lipinski definition) is 8. The van der Waals surface area contributed by atoms with Crippen molar-refractivity contribution in [2.24, 2.45) is 35.3 Å². The summed E-state index contributed by atoms with van der Waals surface area (Å²) in [7, 11) is 6.07. The third-order valence-electron chi connectivity index (χ3n) is 18.6. The highest BCUT2D eigenvalue weighted by molar-refractivity contribution is 8.00. The maximum atomic E-state index is 14.8. The molecule has 552 valence electrons. The van der Waals surface area contributed by atoms with Gasteiger partial charge >= 0.3 is 12.1 Å². The topological polar surface area (TPSA) is 364 Å². The third-order valence-corrected chi connectivity index (χ3v) is 19.8. The van der Waals surface area contributed by atoms with Gasteiger partial charge in [0.15, 0.2) is 0 Å². The van der Waals surface area contributed by atoms with E-state index in [1.807, 2.05) is 32.0 Å². The molecule has 2 aromatic carbocycles. The Morgan fingerprint density at radius 1 is 0.768 bits per heavy atom.